The maximum absolute atomic E-state index is 9.68. The van der Waals surface area contributed by atoms with Gasteiger partial charge in [-0.2, -0.15) is 0 Å². The highest BCUT2D eigenvalue weighted by Gasteiger charge is 2.38. The van der Waals surface area contributed by atoms with E-state index in [0.29, 0.717) is 11.3 Å². The van der Waals surface area contributed by atoms with Gasteiger partial charge >= 0.3 is 0 Å². The van der Waals surface area contributed by atoms with E-state index in [9.17, 15) is 5.11 Å². The van der Waals surface area contributed by atoms with Crippen molar-refractivity contribution in [3.63, 3.8) is 0 Å². The zero-order chi connectivity index (χ0) is 13.9. The fraction of sp³-hybridized carbons (Fsp3) is 1.00. The first-order valence-electron chi connectivity index (χ1n) is 8.18. The van der Waals surface area contributed by atoms with Gasteiger partial charge in [-0.1, -0.05) is 33.1 Å². The summed E-state index contributed by atoms with van der Waals surface area (Å²) in [6.45, 7) is 6.77. The van der Waals surface area contributed by atoms with Gasteiger partial charge in [0.25, 0.3) is 0 Å². The number of rotatable bonds is 4. The van der Waals surface area contributed by atoms with Crippen molar-refractivity contribution in [2.75, 3.05) is 19.7 Å². The van der Waals surface area contributed by atoms with E-state index in [2.05, 4.69) is 18.7 Å². The third-order valence-electron chi connectivity index (χ3n) is 5.64. The third-order valence-corrected chi connectivity index (χ3v) is 5.64. The molecule has 1 aliphatic heterocycles. The number of piperidine rings is 1. The second kappa shape index (κ2) is 6.55. The van der Waals surface area contributed by atoms with Crippen LogP contribution in [0.2, 0.25) is 0 Å². The third kappa shape index (κ3) is 3.50. The highest BCUT2D eigenvalue weighted by atomic mass is 16.3. The molecule has 0 aromatic heterocycles. The van der Waals surface area contributed by atoms with Crippen LogP contribution in [0.4, 0.5) is 0 Å². The molecule has 0 bridgehead atoms. The molecule has 3 heteroatoms. The molecule has 2 aliphatic rings. The van der Waals surface area contributed by atoms with E-state index in [0.717, 1.165) is 13.1 Å². The second-order valence-corrected chi connectivity index (χ2v) is 7.17. The first-order chi connectivity index (χ1) is 9.08. The molecule has 19 heavy (non-hydrogen) atoms. The first-order valence-corrected chi connectivity index (χ1v) is 8.18. The summed E-state index contributed by atoms with van der Waals surface area (Å²) >= 11 is 0. The molecule has 3 N–H and O–H groups in total. The van der Waals surface area contributed by atoms with Gasteiger partial charge in [0.15, 0.2) is 0 Å². The minimum atomic E-state index is 0.0883. The van der Waals surface area contributed by atoms with Crippen molar-refractivity contribution in [2.24, 2.45) is 17.1 Å². The Morgan fingerprint density at radius 2 is 1.63 bits per heavy atom. The van der Waals surface area contributed by atoms with E-state index in [1.165, 1.54) is 44.9 Å². The summed E-state index contributed by atoms with van der Waals surface area (Å²) in [7, 11) is 0. The molecule has 3 nitrogen and oxygen atoms in total. The van der Waals surface area contributed by atoms with Crippen LogP contribution in [0.1, 0.15) is 58.8 Å². The van der Waals surface area contributed by atoms with Gasteiger partial charge in [-0.3, -0.25) is 4.90 Å². The van der Waals surface area contributed by atoms with Crippen LogP contribution in [0, 0.1) is 11.3 Å². The lowest BCUT2D eigenvalue weighted by atomic mass is 9.68. The molecule has 2 atom stereocenters. The first kappa shape index (κ1) is 15.3. The number of hydrogen-bond acceptors (Lipinski definition) is 3. The average Bonchev–Trinajstić information content (AvgIpc) is 2.42. The lowest BCUT2D eigenvalue weighted by Crippen LogP contribution is -2.55. The quantitative estimate of drug-likeness (QED) is 0.823. The minimum absolute atomic E-state index is 0.0883. The molecule has 0 radical (unpaired) electrons. The van der Waals surface area contributed by atoms with Crippen molar-refractivity contribution in [3.05, 3.63) is 0 Å². The fourth-order valence-electron chi connectivity index (χ4n) is 4.06. The van der Waals surface area contributed by atoms with Crippen LogP contribution < -0.4 is 5.73 Å². The van der Waals surface area contributed by atoms with Crippen molar-refractivity contribution in [3.8, 4) is 0 Å². The largest absolute Gasteiger partial charge is 0.395 e. The second-order valence-electron chi connectivity index (χ2n) is 7.17. The van der Waals surface area contributed by atoms with Gasteiger partial charge in [-0.15, -0.1) is 0 Å². The number of likely N-dealkylation sites (tertiary alicyclic amines) is 1. The van der Waals surface area contributed by atoms with E-state index in [1.807, 2.05) is 0 Å². The van der Waals surface area contributed by atoms with Gasteiger partial charge in [0.2, 0.25) is 0 Å². The number of hydrogen-bond donors (Lipinski definition) is 2. The lowest BCUT2D eigenvalue weighted by molar-refractivity contribution is 0.0150. The zero-order valence-electron chi connectivity index (χ0n) is 12.8. The number of nitrogens with two attached hydrogens (primary N) is 1. The van der Waals surface area contributed by atoms with Crippen LogP contribution in [0.5, 0.6) is 0 Å². The monoisotopic (exact) mass is 268 g/mol. The van der Waals surface area contributed by atoms with Crippen LogP contribution >= 0.6 is 0 Å². The maximum Gasteiger partial charge on any atom is 0.0602 e. The maximum atomic E-state index is 9.68. The van der Waals surface area contributed by atoms with Crippen LogP contribution in [0.15, 0.2) is 0 Å². The van der Waals surface area contributed by atoms with Crippen molar-refractivity contribution < 1.29 is 5.11 Å². The van der Waals surface area contributed by atoms with E-state index >= 15 is 0 Å². The Morgan fingerprint density at radius 1 is 1.05 bits per heavy atom. The van der Waals surface area contributed by atoms with Crippen LogP contribution in [0.25, 0.3) is 0 Å². The van der Waals surface area contributed by atoms with Gasteiger partial charge in [0.1, 0.15) is 0 Å². The van der Waals surface area contributed by atoms with Gasteiger partial charge in [0.05, 0.1) is 6.61 Å². The molecule has 0 aromatic carbocycles. The lowest BCUT2D eigenvalue weighted by Gasteiger charge is -2.47. The normalized spacial score (nSPS) is 27.6. The highest BCUT2D eigenvalue weighted by molar-refractivity contribution is 4.92. The Kier molecular flexibility index (Phi) is 5.27. The van der Waals surface area contributed by atoms with E-state index < -0.39 is 0 Å². The number of aliphatic hydroxyl groups excluding tert-OH is 1. The summed E-state index contributed by atoms with van der Waals surface area (Å²) in [6.07, 6.45) is 9.77. The van der Waals surface area contributed by atoms with Crippen molar-refractivity contribution in [1.82, 2.24) is 4.90 Å². The molecule has 1 saturated heterocycles. The van der Waals surface area contributed by atoms with Gasteiger partial charge in [-0.05, 0) is 50.1 Å². The van der Waals surface area contributed by atoms with E-state index in [4.69, 9.17) is 5.73 Å². The standard InChI is InChI=1S/C16H32N2O/c1-13(2)15(17)14(12-19)18-10-8-16(9-11-18)6-4-3-5-7-16/h13-15,19H,3-12,17H2,1-2H3. The Balaban J connectivity index is 1.90. The molecule has 2 fully saturated rings. The summed E-state index contributed by atoms with van der Waals surface area (Å²) in [6, 6.07) is 0.242. The molecule has 0 aromatic rings. The summed E-state index contributed by atoms with van der Waals surface area (Å²) < 4.78 is 0. The Hall–Kier alpha value is -0.120. The SMILES string of the molecule is CC(C)C(N)C(CO)N1CCC2(CCCCC2)CC1. The van der Waals surface area contributed by atoms with Crippen molar-refractivity contribution in [2.45, 2.75) is 70.9 Å². The molecule has 2 rings (SSSR count). The molecule has 0 amide bonds. The molecule has 1 spiro atoms. The molecule has 1 aliphatic carbocycles. The van der Waals surface area contributed by atoms with Crippen molar-refractivity contribution in [1.29, 1.82) is 0 Å². The van der Waals surface area contributed by atoms with Gasteiger partial charge in [0, 0.05) is 12.1 Å². The molecule has 1 saturated carbocycles. The molecule has 1 heterocycles. The molecule has 112 valence electrons. The van der Waals surface area contributed by atoms with Gasteiger partial charge < -0.3 is 10.8 Å². The summed E-state index contributed by atoms with van der Waals surface area (Å²) in [4.78, 5) is 2.45. The smallest absolute Gasteiger partial charge is 0.0602 e. The summed E-state index contributed by atoms with van der Waals surface area (Å²) in [5.74, 6) is 0.433. The van der Waals surface area contributed by atoms with Crippen LogP contribution in [-0.4, -0.2) is 41.8 Å². The van der Waals surface area contributed by atoms with Crippen LogP contribution in [-0.2, 0) is 0 Å². The number of nitrogens with zero attached hydrogens (tertiary/aromatic N) is 1. The van der Waals surface area contributed by atoms with Gasteiger partial charge in [-0.25, -0.2) is 0 Å². The average molecular weight is 268 g/mol. The highest BCUT2D eigenvalue weighted by Crippen LogP contribution is 2.44. The topological polar surface area (TPSA) is 49.5 Å². The van der Waals surface area contributed by atoms with E-state index in [-0.39, 0.29) is 18.7 Å². The predicted molar refractivity (Wildman–Crippen MR) is 80.0 cm³/mol. The molecule has 2 unspecified atom stereocenters. The van der Waals surface area contributed by atoms with E-state index in [1.54, 1.807) is 0 Å². The predicted octanol–water partition coefficient (Wildman–Crippen LogP) is 2.38. The zero-order valence-corrected chi connectivity index (χ0v) is 12.8. The Bertz CT molecular complexity index is 264. The summed E-state index contributed by atoms with van der Waals surface area (Å²) in [5.41, 5.74) is 6.91. The molecular weight excluding hydrogens is 236 g/mol. The Labute approximate surface area is 118 Å². The Morgan fingerprint density at radius 3 is 2.11 bits per heavy atom. The minimum Gasteiger partial charge on any atom is -0.395 e. The summed E-state index contributed by atoms with van der Waals surface area (Å²) in [5, 5.41) is 9.68. The van der Waals surface area contributed by atoms with Crippen molar-refractivity contribution >= 4 is 0 Å². The van der Waals surface area contributed by atoms with Crippen LogP contribution in [0.3, 0.4) is 0 Å². The molecular formula is C16H32N2O. The number of aliphatic hydroxyl groups is 1. The fourth-order valence-corrected chi connectivity index (χ4v) is 4.06.